The largest absolute Gasteiger partial charge is 0.477 e. The maximum atomic E-state index is 6.15. The third-order valence-electron chi connectivity index (χ3n) is 5.92. The molecule has 2 aromatic carbocycles. The van der Waals surface area contributed by atoms with Gasteiger partial charge in [-0.05, 0) is 31.9 Å². The van der Waals surface area contributed by atoms with Gasteiger partial charge in [0.05, 0.1) is 5.54 Å². The molecule has 0 fully saturated rings. The Kier molecular flexibility index (Phi) is 4.80. The van der Waals surface area contributed by atoms with E-state index in [1.54, 1.807) is 0 Å². The normalized spacial score (nSPS) is 24.5. The van der Waals surface area contributed by atoms with Crippen LogP contribution in [0, 0.1) is 5.41 Å². The van der Waals surface area contributed by atoms with Gasteiger partial charge in [-0.2, -0.15) is 0 Å². The van der Waals surface area contributed by atoms with Crippen molar-refractivity contribution in [2.75, 3.05) is 19.8 Å². The molecule has 3 aliphatic rings. The van der Waals surface area contributed by atoms with E-state index in [0.717, 1.165) is 11.1 Å². The Balaban J connectivity index is 1.54. The topological polar surface area (TPSA) is 64.8 Å². The zero-order chi connectivity index (χ0) is 21.5. The van der Waals surface area contributed by atoms with Crippen molar-refractivity contribution in [1.82, 2.24) is 0 Å². The second kappa shape index (κ2) is 7.52. The molecule has 2 aromatic rings. The summed E-state index contributed by atoms with van der Waals surface area (Å²) in [4.78, 5) is 14.7. The van der Waals surface area contributed by atoms with E-state index in [0.29, 0.717) is 37.5 Å². The lowest BCUT2D eigenvalue weighted by Crippen LogP contribution is -2.44. The van der Waals surface area contributed by atoms with Crippen molar-refractivity contribution in [2.24, 2.45) is 20.4 Å². The first kappa shape index (κ1) is 19.8. The first-order valence-corrected chi connectivity index (χ1v) is 10.7. The standard InChI is InChI=1S/C25H27N3O3/c1-24(2)16-31-23(28-24)25(3,21-26-19(14-29-21)17-10-6-4-7-11-17)22-27-20(15-30-22)18-12-8-5-9-13-18/h4-13,19-20H,14-16H2,1-3H3/t19-,20-/m1/s1. The number of ether oxygens (including phenoxy) is 3. The van der Waals surface area contributed by atoms with E-state index in [9.17, 15) is 0 Å². The van der Waals surface area contributed by atoms with Gasteiger partial charge in [0, 0.05) is 0 Å². The molecule has 0 spiro atoms. The summed E-state index contributed by atoms with van der Waals surface area (Å²) in [6, 6.07) is 20.2. The number of hydrogen-bond acceptors (Lipinski definition) is 6. The summed E-state index contributed by atoms with van der Waals surface area (Å²) in [6.07, 6.45) is 0. The van der Waals surface area contributed by atoms with Crippen molar-refractivity contribution in [2.45, 2.75) is 38.4 Å². The smallest absolute Gasteiger partial charge is 0.209 e. The predicted octanol–water partition coefficient (Wildman–Crippen LogP) is 4.54. The van der Waals surface area contributed by atoms with Crippen LogP contribution in [0.25, 0.3) is 0 Å². The number of rotatable bonds is 5. The highest BCUT2D eigenvalue weighted by Crippen LogP contribution is 2.39. The Bertz CT molecular complexity index is 979. The molecule has 0 bridgehead atoms. The second-order valence-electron chi connectivity index (χ2n) is 8.99. The minimum absolute atomic E-state index is 0.0718. The lowest BCUT2D eigenvalue weighted by Gasteiger charge is -2.26. The van der Waals surface area contributed by atoms with Crippen LogP contribution < -0.4 is 0 Å². The molecule has 0 aliphatic carbocycles. The van der Waals surface area contributed by atoms with Crippen molar-refractivity contribution in [3.8, 4) is 0 Å². The Morgan fingerprint density at radius 2 is 1.23 bits per heavy atom. The fraction of sp³-hybridized carbons (Fsp3) is 0.400. The molecule has 0 saturated carbocycles. The molecule has 2 atom stereocenters. The monoisotopic (exact) mass is 417 g/mol. The lowest BCUT2D eigenvalue weighted by molar-refractivity contribution is 0.242. The zero-order valence-electron chi connectivity index (χ0n) is 18.1. The summed E-state index contributed by atoms with van der Waals surface area (Å²) in [5.41, 5.74) is 1.02. The van der Waals surface area contributed by atoms with Crippen molar-refractivity contribution in [1.29, 1.82) is 0 Å². The average Bonchev–Trinajstić information content (AvgIpc) is 3.54. The van der Waals surface area contributed by atoms with E-state index >= 15 is 0 Å². The molecule has 0 radical (unpaired) electrons. The lowest BCUT2D eigenvalue weighted by atomic mass is 9.89. The van der Waals surface area contributed by atoms with Gasteiger partial charge in [0.1, 0.15) is 31.9 Å². The highest BCUT2D eigenvalue weighted by molar-refractivity contribution is 6.23. The van der Waals surface area contributed by atoms with Crippen LogP contribution in [0.5, 0.6) is 0 Å². The number of hydrogen-bond donors (Lipinski definition) is 0. The van der Waals surface area contributed by atoms with Gasteiger partial charge >= 0.3 is 0 Å². The number of benzene rings is 2. The molecule has 0 unspecified atom stereocenters. The highest BCUT2D eigenvalue weighted by atomic mass is 16.5. The molecule has 0 N–H and O–H groups in total. The van der Waals surface area contributed by atoms with Crippen LogP contribution in [-0.2, 0) is 14.2 Å². The van der Waals surface area contributed by atoms with Crippen LogP contribution in [0.15, 0.2) is 75.6 Å². The van der Waals surface area contributed by atoms with Gasteiger partial charge in [-0.1, -0.05) is 60.7 Å². The van der Waals surface area contributed by atoms with Gasteiger partial charge in [-0.3, -0.25) is 0 Å². The van der Waals surface area contributed by atoms with E-state index in [1.807, 2.05) is 43.3 Å². The minimum atomic E-state index is -0.902. The van der Waals surface area contributed by atoms with Gasteiger partial charge in [0.25, 0.3) is 0 Å². The molecule has 3 heterocycles. The van der Waals surface area contributed by atoms with Gasteiger partial charge in [0.2, 0.25) is 17.7 Å². The summed E-state index contributed by atoms with van der Waals surface area (Å²) in [5, 5.41) is 0. The Hall–Kier alpha value is -3.15. The van der Waals surface area contributed by atoms with Crippen LogP contribution in [0.1, 0.15) is 44.0 Å². The highest BCUT2D eigenvalue weighted by Gasteiger charge is 2.53. The molecule has 31 heavy (non-hydrogen) atoms. The molecule has 6 heteroatoms. The molecule has 0 aromatic heterocycles. The summed E-state index contributed by atoms with van der Waals surface area (Å²) >= 11 is 0. The molecule has 0 saturated heterocycles. The van der Waals surface area contributed by atoms with Gasteiger partial charge in [-0.15, -0.1) is 0 Å². The van der Waals surface area contributed by atoms with E-state index in [1.165, 1.54) is 0 Å². The van der Waals surface area contributed by atoms with Crippen LogP contribution >= 0.6 is 0 Å². The minimum Gasteiger partial charge on any atom is -0.477 e. The summed E-state index contributed by atoms with van der Waals surface area (Å²) in [6.45, 7) is 7.54. The third kappa shape index (κ3) is 3.60. The maximum absolute atomic E-state index is 6.15. The molecule has 3 aliphatic heterocycles. The van der Waals surface area contributed by atoms with E-state index in [-0.39, 0.29) is 17.6 Å². The quantitative estimate of drug-likeness (QED) is 0.717. The molecular formula is C25H27N3O3. The van der Waals surface area contributed by atoms with Gasteiger partial charge in [0.15, 0.2) is 5.41 Å². The van der Waals surface area contributed by atoms with Gasteiger partial charge in [-0.25, -0.2) is 15.0 Å². The van der Waals surface area contributed by atoms with E-state index < -0.39 is 5.41 Å². The zero-order valence-corrected chi connectivity index (χ0v) is 18.1. The van der Waals surface area contributed by atoms with E-state index in [4.69, 9.17) is 29.2 Å². The second-order valence-corrected chi connectivity index (χ2v) is 8.99. The Labute approximate surface area is 182 Å². The average molecular weight is 418 g/mol. The fourth-order valence-electron chi connectivity index (χ4n) is 4.10. The predicted molar refractivity (Wildman–Crippen MR) is 121 cm³/mol. The van der Waals surface area contributed by atoms with Crippen LogP contribution in [0.3, 0.4) is 0 Å². The molecule has 0 amide bonds. The summed E-state index contributed by atoms with van der Waals surface area (Å²) in [7, 11) is 0. The molecular weight excluding hydrogens is 390 g/mol. The fourth-order valence-corrected chi connectivity index (χ4v) is 4.10. The van der Waals surface area contributed by atoms with Crippen molar-refractivity contribution in [3.63, 3.8) is 0 Å². The molecule has 6 nitrogen and oxygen atoms in total. The van der Waals surface area contributed by atoms with Crippen LogP contribution in [0.2, 0.25) is 0 Å². The van der Waals surface area contributed by atoms with E-state index in [2.05, 4.69) is 38.1 Å². The maximum Gasteiger partial charge on any atom is 0.209 e. The van der Waals surface area contributed by atoms with Crippen molar-refractivity contribution in [3.05, 3.63) is 71.8 Å². The van der Waals surface area contributed by atoms with Crippen molar-refractivity contribution >= 4 is 17.7 Å². The summed E-state index contributed by atoms with van der Waals surface area (Å²) < 4.78 is 18.4. The Morgan fingerprint density at radius 1 is 0.742 bits per heavy atom. The van der Waals surface area contributed by atoms with Gasteiger partial charge < -0.3 is 14.2 Å². The summed E-state index contributed by atoms with van der Waals surface area (Å²) in [5.74, 6) is 1.65. The van der Waals surface area contributed by atoms with Crippen molar-refractivity contribution < 1.29 is 14.2 Å². The molecule has 5 rings (SSSR count). The molecule has 160 valence electrons. The number of aliphatic imine (C=N–C) groups is 3. The van der Waals surface area contributed by atoms with Crippen LogP contribution in [0.4, 0.5) is 0 Å². The SMILES string of the molecule is CC1(C)COC(C(C)(C2=N[C@@H](c3ccccc3)CO2)C2=N[C@@H](c3ccccc3)CO2)=N1. The Morgan fingerprint density at radius 3 is 1.65 bits per heavy atom. The first-order valence-electron chi connectivity index (χ1n) is 10.7. The van der Waals surface area contributed by atoms with Crippen LogP contribution in [-0.4, -0.2) is 43.1 Å². The third-order valence-corrected chi connectivity index (χ3v) is 5.92. The first-order chi connectivity index (χ1) is 15.0. The number of nitrogens with zero attached hydrogens (tertiary/aromatic N) is 3.